The van der Waals surface area contributed by atoms with E-state index in [-0.39, 0.29) is 0 Å². The molecule has 0 saturated carbocycles. The van der Waals surface area contributed by atoms with Crippen LogP contribution in [-0.2, 0) is 4.21 Å². The summed E-state index contributed by atoms with van der Waals surface area (Å²) in [5.41, 5.74) is 1.09. The van der Waals surface area contributed by atoms with Gasteiger partial charge in [0, 0.05) is 5.56 Å². The first kappa shape index (κ1) is 16.3. The lowest BCUT2D eigenvalue weighted by Crippen LogP contribution is -2.30. The molecule has 0 N–H and O–H groups in total. The molecular weight excluding hydrogens is 374 g/mol. The van der Waals surface area contributed by atoms with Crippen LogP contribution >= 0.6 is 40.7 Å². The third-order valence-electron chi connectivity index (χ3n) is 3.36. The second-order valence-electron chi connectivity index (χ2n) is 4.79. The van der Waals surface area contributed by atoms with Crippen LogP contribution in [0.1, 0.15) is 5.56 Å². The number of hydrogen-bond donors (Lipinski definition) is 0. The van der Waals surface area contributed by atoms with Crippen LogP contribution < -0.4 is 10.6 Å². The largest absolute Gasteiger partial charge is 0.535 e. The fourth-order valence-electron chi connectivity index (χ4n) is 2.51. The number of benzene rings is 2. The first-order valence-corrected chi connectivity index (χ1v) is 13.4. The van der Waals surface area contributed by atoms with E-state index >= 15 is 0 Å². The summed E-state index contributed by atoms with van der Waals surface area (Å²) < 4.78 is 6.18. The molecule has 1 nitrogen and oxygen atoms in total. The second kappa shape index (κ2) is 6.49. The van der Waals surface area contributed by atoms with Crippen molar-refractivity contribution in [2.45, 2.75) is 0 Å². The van der Waals surface area contributed by atoms with Crippen molar-refractivity contribution >= 4 is 63.7 Å². The highest BCUT2D eigenvalue weighted by atomic mass is 35.8. The highest BCUT2D eigenvalue weighted by Gasteiger charge is 2.52. The van der Waals surface area contributed by atoms with Crippen LogP contribution in [0, 0.1) is 0 Å². The molecule has 112 valence electrons. The molecule has 0 saturated heterocycles. The minimum atomic E-state index is -3.30. The summed E-state index contributed by atoms with van der Waals surface area (Å²) in [6.07, 6.45) is 2.72. The predicted molar refractivity (Wildman–Crippen MR) is 102 cm³/mol. The zero-order valence-corrected chi connectivity index (χ0v) is 15.7. The summed E-state index contributed by atoms with van der Waals surface area (Å²) >= 11 is 18.4. The van der Waals surface area contributed by atoms with Crippen molar-refractivity contribution < 1.29 is 4.21 Å². The van der Waals surface area contributed by atoms with Gasteiger partial charge >= 0.3 is 6.25 Å². The number of hydrogen-bond acceptors (Lipinski definition) is 1. The van der Waals surface area contributed by atoms with Crippen LogP contribution in [0.4, 0.5) is 0 Å². The van der Waals surface area contributed by atoms with Crippen LogP contribution in [0.2, 0.25) is 0 Å². The minimum absolute atomic E-state index is 1.04. The van der Waals surface area contributed by atoms with E-state index < -0.39 is 13.7 Å². The van der Waals surface area contributed by atoms with Crippen molar-refractivity contribution in [1.29, 1.82) is 0 Å². The van der Waals surface area contributed by atoms with E-state index in [1.807, 2.05) is 54.6 Å². The molecule has 2 aromatic carbocycles. The molecule has 0 aliphatic carbocycles. The van der Waals surface area contributed by atoms with E-state index in [9.17, 15) is 0 Å². The van der Waals surface area contributed by atoms with Gasteiger partial charge < -0.3 is 0 Å². The Morgan fingerprint density at radius 3 is 2.23 bits per heavy atom. The van der Waals surface area contributed by atoms with Gasteiger partial charge in [0.1, 0.15) is 10.6 Å². The van der Waals surface area contributed by atoms with Gasteiger partial charge in [0.05, 0.1) is 5.82 Å². The summed E-state index contributed by atoms with van der Waals surface area (Å²) in [5.74, 6) is 2.06. The maximum absolute atomic E-state index is 6.18. The lowest BCUT2D eigenvalue weighted by Gasteiger charge is -2.25. The van der Waals surface area contributed by atoms with E-state index in [4.69, 9.17) is 37.4 Å². The van der Waals surface area contributed by atoms with Crippen LogP contribution in [-0.4, -0.2) is 6.25 Å². The van der Waals surface area contributed by atoms with Crippen molar-refractivity contribution in [2.24, 2.45) is 0 Å². The van der Waals surface area contributed by atoms with E-state index in [0.29, 0.717) is 0 Å². The van der Waals surface area contributed by atoms with Gasteiger partial charge in [-0.05, 0) is 24.3 Å². The van der Waals surface area contributed by atoms with Gasteiger partial charge in [-0.25, -0.2) is 4.21 Å². The van der Waals surface area contributed by atoms with E-state index in [1.165, 1.54) is 0 Å². The maximum Gasteiger partial charge on any atom is 0.535 e. The van der Waals surface area contributed by atoms with Crippen LogP contribution in [0.3, 0.4) is 0 Å². The summed E-state index contributed by atoms with van der Waals surface area (Å²) in [4.78, 5) is 0. The number of fused-ring (bicyclic) bond motifs is 1. The fraction of sp³-hybridized carbons (Fsp3) is 0. The third-order valence-corrected chi connectivity index (χ3v) is 9.99. The minimum Gasteiger partial charge on any atom is -0.212 e. The zero-order valence-electron chi connectivity index (χ0n) is 11.5. The molecular formula is C16H13Cl3OPSi+. The molecule has 1 unspecified atom stereocenters. The van der Waals surface area contributed by atoms with Crippen molar-refractivity contribution in [2.75, 3.05) is 0 Å². The lowest BCUT2D eigenvalue weighted by molar-refractivity contribution is 0.670. The van der Waals surface area contributed by atoms with Crippen molar-refractivity contribution in [3.05, 3.63) is 78.1 Å². The van der Waals surface area contributed by atoms with Crippen molar-refractivity contribution in [3.8, 4) is 0 Å². The molecule has 0 fully saturated rings. The van der Waals surface area contributed by atoms with Crippen LogP contribution in [0.25, 0.3) is 6.08 Å². The Hall–Kier alpha value is -0.603. The average molecular weight is 387 g/mol. The Morgan fingerprint density at radius 1 is 0.818 bits per heavy atom. The standard InChI is InChI=1S/C16H13Cl3OPSi/c17-22(18,19)20-21(15-10-2-1-3-11-15)13-7-6-9-14-8-4-5-12-16(14)21/h1-13H/q+1. The quantitative estimate of drug-likeness (QED) is 0.396. The Balaban J connectivity index is 2.27. The van der Waals surface area contributed by atoms with Crippen molar-refractivity contribution in [3.63, 3.8) is 0 Å². The van der Waals surface area contributed by atoms with E-state index in [1.54, 1.807) is 0 Å². The first-order chi connectivity index (χ1) is 10.5. The van der Waals surface area contributed by atoms with Crippen LogP contribution in [0.15, 0.2) is 72.6 Å². The molecule has 2 aromatic rings. The molecule has 1 aliphatic rings. The van der Waals surface area contributed by atoms with Gasteiger partial charge in [-0.3, -0.25) is 0 Å². The number of halogens is 3. The summed E-state index contributed by atoms with van der Waals surface area (Å²) in [6, 6.07) is 18.1. The summed E-state index contributed by atoms with van der Waals surface area (Å²) in [5, 5.41) is 2.12. The third kappa shape index (κ3) is 3.33. The Bertz CT molecular complexity index is 728. The Kier molecular flexibility index (Phi) is 4.79. The lowest BCUT2D eigenvalue weighted by atomic mass is 10.2. The number of rotatable bonds is 3. The van der Waals surface area contributed by atoms with E-state index in [2.05, 4.69) is 24.0 Å². The number of allylic oxidation sites excluding steroid dienone is 2. The molecule has 3 rings (SSSR count). The molecule has 0 bridgehead atoms. The fourth-order valence-corrected chi connectivity index (χ4v) is 10.2. The Morgan fingerprint density at radius 2 is 1.50 bits per heavy atom. The van der Waals surface area contributed by atoms with Gasteiger partial charge in [-0.15, -0.1) is 0 Å². The summed E-state index contributed by atoms with van der Waals surface area (Å²) in [6.45, 7) is 0. The molecule has 22 heavy (non-hydrogen) atoms. The van der Waals surface area contributed by atoms with Crippen molar-refractivity contribution in [1.82, 2.24) is 0 Å². The smallest absolute Gasteiger partial charge is 0.212 e. The molecule has 1 aliphatic heterocycles. The summed E-state index contributed by atoms with van der Waals surface area (Å²) in [7, 11) is -2.37. The molecule has 1 atom stereocenters. The SMILES string of the molecule is Cl[Si](Cl)(Cl)O[P+]1(c2ccccc2)C=CC=Cc2ccccc21. The Labute approximate surface area is 145 Å². The van der Waals surface area contributed by atoms with Gasteiger partial charge in [-0.2, -0.15) is 0 Å². The van der Waals surface area contributed by atoms with E-state index in [0.717, 1.165) is 16.2 Å². The van der Waals surface area contributed by atoms with Gasteiger partial charge in [0.15, 0.2) is 0 Å². The zero-order chi connectivity index (χ0) is 15.6. The van der Waals surface area contributed by atoms with Gasteiger partial charge in [0.2, 0.25) is 7.49 Å². The molecule has 0 aromatic heterocycles. The molecule has 0 radical (unpaired) electrons. The normalized spacial score (nSPS) is 20.5. The molecule has 6 heteroatoms. The molecule has 1 heterocycles. The average Bonchev–Trinajstić information content (AvgIpc) is 2.68. The topological polar surface area (TPSA) is 9.23 Å². The predicted octanol–water partition coefficient (Wildman–Crippen LogP) is 5.28. The maximum atomic E-state index is 6.18. The highest BCUT2D eigenvalue weighted by Crippen LogP contribution is 2.63. The molecule has 0 spiro atoms. The van der Waals surface area contributed by atoms with Gasteiger partial charge in [-0.1, -0.05) is 81.8 Å². The first-order valence-electron chi connectivity index (χ1n) is 6.69. The van der Waals surface area contributed by atoms with Gasteiger partial charge in [0.25, 0.3) is 0 Å². The van der Waals surface area contributed by atoms with Crippen LogP contribution in [0.5, 0.6) is 0 Å². The highest BCUT2D eigenvalue weighted by molar-refractivity contribution is 7.91. The molecule has 0 amide bonds. The monoisotopic (exact) mass is 385 g/mol. The second-order valence-corrected chi connectivity index (χ2v) is 15.6.